The van der Waals surface area contributed by atoms with Crippen molar-refractivity contribution in [3.05, 3.63) is 30.6 Å². The predicted octanol–water partition coefficient (Wildman–Crippen LogP) is 2.82. The molecule has 90 valence electrons. The summed E-state index contributed by atoms with van der Waals surface area (Å²) < 4.78 is 1.86. The maximum atomic E-state index is 4.21. The lowest BCUT2D eigenvalue weighted by Crippen LogP contribution is -2.15. The van der Waals surface area contributed by atoms with Crippen molar-refractivity contribution < 1.29 is 0 Å². The summed E-state index contributed by atoms with van der Waals surface area (Å²) in [5.41, 5.74) is 1.29. The quantitative estimate of drug-likeness (QED) is 0.540. The van der Waals surface area contributed by atoms with Gasteiger partial charge in [0.2, 0.25) is 0 Å². The molecule has 0 aromatic carbocycles. The number of rotatable bonds is 8. The molecule has 0 aliphatic rings. The third-order valence-corrected chi connectivity index (χ3v) is 2.88. The second-order valence-electron chi connectivity index (χ2n) is 4.22. The Hall–Kier alpha value is -1.09. The molecule has 0 aliphatic carbocycles. The van der Waals surface area contributed by atoms with Crippen LogP contribution in [0.25, 0.3) is 0 Å². The van der Waals surface area contributed by atoms with E-state index in [-0.39, 0.29) is 0 Å². The average molecular weight is 221 g/mol. The van der Waals surface area contributed by atoms with Gasteiger partial charge in [-0.25, -0.2) is 0 Å². The van der Waals surface area contributed by atoms with Crippen molar-refractivity contribution >= 4 is 0 Å². The van der Waals surface area contributed by atoms with Crippen LogP contribution in [0.1, 0.15) is 43.7 Å². The highest BCUT2D eigenvalue weighted by Crippen LogP contribution is 2.18. The van der Waals surface area contributed by atoms with Crippen LogP contribution < -0.4 is 5.32 Å². The maximum absolute atomic E-state index is 4.21. The Morgan fingerprint density at radius 3 is 2.88 bits per heavy atom. The fourth-order valence-electron chi connectivity index (χ4n) is 1.91. The molecule has 16 heavy (non-hydrogen) atoms. The topological polar surface area (TPSA) is 29.9 Å². The standard InChI is InChI=1S/C13H23N3/c1-4-5-6-7-8-9-13(14-2)12-10-15-16(3)11-12/h4,10-11,13-14H,1,5-9H2,2-3H3. The van der Waals surface area contributed by atoms with Gasteiger partial charge in [-0.15, -0.1) is 6.58 Å². The second kappa shape index (κ2) is 7.23. The lowest BCUT2D eigenvalue weighted by Gasteiger charge is -2.13. The first-order valence-corrected chi connectivity index (χ1v) is 6.04. The van der Waals surface area contributed by atoms with Crippen LogP contribution in [0, 0.1) is 0 Å². The van der Waals surface area contributed by atoms with E-state index in [0.29, 0.717) is 6.04 Å². The molecule has 0 spiro atoms. The molecule has 0 saturated heterocycles. The van der Waals surface area contributed by atoms with Gasteiger partial charge >= 0.3 is 0 Å². The highest BCUT2D eigenvalue weighted by molar-refractivity contribution is 5.09. The van der Waals surface area contributed by atoms with Crippen molar-refractivity contribution in [1.82, 2.24) is 15.1 Å². The lowest BCUT2D eigenvalue weighted by molar-refractivity contribution is 0.507. The minimum atomic E-state index is 0.442. The van der Waals surface area contributed by atoms with E-state index in [9.17, 15) is 0 Å². The molecule has 1 aromatic heterocycles. The first-order chi connectivity index (χ1) is 7.77. The number of unbranched alkanes of at least 4 members (excludes halogenated alkanes) is 3. The van der Waals surface area contributed by atoms with Crippen LogP contribution >= 0.6 is 0 Å². The smallest absolute Gasteiger partial charge is 0.0537 e. The van der Waals surface area contributed by atoms with Crippen molar-refractivity contribution in [3.8, 4) is 0 Å². The first-order valence-electron chi connectivity index (χ1n) is 6.04. The molecule has 0 fully saturated rings. The number of nitrogens with one attached hydrogen (secondary N) is 1. The highest BCUT2D eigenvalue weighted by Gasteiger charge is 2.09. The summed E-state index contributed by atoms with van der Waals surface area (Å²) in [4.78, 5) is 0. The first kappa shape index (κ1) is 13.0. The van der Waals surface area contributed by atoms with E-state index < -0.39 is 0 Å². The minimum Gasteiger partial charge on any atom is -0.313 e. The zero-order valence-corrected chi connectivity index (χ0v) is 10.4. The molecule has 1 N–H and O–H groups in total. The molecule has 1 rings (SSSR count). The summed E-state index contributed by atoms with van der Waals surface area (Å²) in [6.45, 7) is 3.74. The number of aromatic nitrogens is 2. The van der Waals surface area contributed by atoms with E-state index >= 15 is 0 Å². The van der Waals surface area contributed by atoms with Crippen LogP contribution in [-0.4, -0.2) is 16.8 Å². The Balaban J connectivity index is 2.29. The average Bonchev–Trinajstić information content (AvgIpc) is 2.70. The van der Waals surface area contributed by atoms with E-state index in [4.69, 9.17) is 0 Å². The largest absolute Gasteiger partial charge is 0.313 e. The van der Waals surface area contributed by atoms with Crippen molar-refractivity contribution in [3.63, 3.8) is 0 Å². The highest BCUT2D eigenvalue weighted by atomic mass is 15.2. The van der Waals surface area contributed by atoms with Gasteiger partial charge in [0.15, 0.2) is 0 Å². The Morgan fingerprint density at radius 1 is 1.50 bits per heavy atom. The zero-order chi connectivity index (χ0) is 11.8. The van der Waals surface area contributed by atoms with Gasteiger partial charge in [0.25, 0.3) is 0 Å². The number of nitrogens with zero attached hydrogens (tertiary/aromatic N) is 2. The molecule has 1 aromatic rings. The lowest BCUT2D eigenvalue weighted by atomic mass is 10.0. The monoisotopic (exact) mass is 221 g/mol. The molecule has 1 heterocycles. The molecule has 1 unspecified atom stereocenters. The molecule has 0 saturated carbocycles. The fraction of sp³-hybridized carbons (Fsp3) is 0.615. The minimum absolute atomic E-state index is 0.442. The van der Waals surface area contributed by atoms with Crippen LogP contribution in [0.15, 0.2) is 25.0 Å². The molecule has 0 amide bonds. The van der Waals surface area contributed by atoms with Crippen molar-refractivity contribution in [2.75, 3.05) is 7.05 Å². The van der Waals surface area contributed by atoms with Crippen LogP contribution in [0.5, 0.6) is 0 Å². The van der Waals surface area contributed by atoms with Gasteiger partial charge in [-0.1, -0.05) is 18.9 Å². The zero-order valence-electron chi connectivity index (χ0n) is 10.4. The van der Waals surface area contributed by atoms with Gasteiger partial charge in [0.1, 0.15) is 0 Å². The van der Waals surface area contributed by atoms with E-state index in [2.05, 4.69) is 23.2 Å². The summed E-state index contributed by atoms with van der Waals surface area (Å²) >= 11 is 0. The number of hydrogen-bond donors (Lipinski definition) is 1. The van der Waals surface area contributed by atoms with Gasteiger partial charge in [0, 0.05) is 24.8 Å². The van der Waals surface area contributed by atoms with Crippen molar-refractivity contribution in [2.24, 2.45) is 7.05 Å². The molecule has 3 nitrogen and oxygen atoms in total. The van der Waals surface area contributed by atoms with E-state index in [1.54, 1.807) is 0 Å². The summed E-state index contributed by atoms with van der Waals surface area (Å²) in [5, 5.41) is 7.56. The normalized spacial score (nSPS) is 12.6. The summed E-state index contributed by atoms with van der Waals surface area (Å²) in [7, 11) is 3.97. The van der Waals surface area contributed by atoms with E-state index in [1.165, 1.54) is 31.2 Å². The number of aryl methyl sites for hydroxylation is 1. The number of hydrogen-bond acceptors (Lipinski definition) is 2. The van der Waals surface area contributed by atoms with E-state index in [0.717, 1.165) is 6.42 Å². The van der Waals surface area contributed by atoms with Gasteiger partial charge in [-0.2, -0.15) is 5.10 Å². The van der Waals surface area contributed by atoms with Gasteiger partial charge in [-0.3, -0.25) is 4.68 Å². The second-order valence-corrected chi connectivity index (χ2v) is 4.22. The Labute approximate surface area is 98.5 Å². The molecule has 3 heteroatoms. The molecule has 1 atom stereocenters. The maximum Gasteiger partial charge on any atom is 0.0537 e. The molecule has 0 radical (unpaired) electrons. The van der Waals surface area contributed by atoms with Gasteiger partial charge in [0.05, 0.1) is 6.20 Å². The fourth-order valence-corrected chi connectivity index (χ4v) is 1.91. The van der Waals surface area contributed by atoms with Gasteiger partial charge in [-0.05, 0) is 26.3 Å². The van der Waals surface area contributed by atoms with Crippen molar-refractivity contribution in [2.45, 2.75) is 38.1 Å². The van der Waals surface area contributed by atoms with E-state index in [1.807, 2.05) is 31.1 Å². The van der Waals surface area contributed by atoms with Crippen LogP contribution in [-0.2, 0) is 7.05 Å². The summed E-state index contributed by atoms with van der Waals surface area (Å²) in [5.74, 6) is 0. The molecular weight excluding hydrogens is 198 g/mol. The number of allylic oxidation sites excluding steroid dienone is 1. The van der Waals surface area contributed by atoms with Gasteiger partial charge < -0.3 is 5.32 Å². The third-order valence-electron chi connectivity index (χ3n) is 2.88. The van der Waals surface area contributed by atoms with Crippen LogP contribution in [0.3, 0.4) is 0 Å². The summed E-state index contributed by atoms with van der Waals surface area (Å²) in [6.07, 6.45) is 12.1. The summed E-state index contributed by atoms with van der Waals surface area (Å²) in [6, 6.07) is 0.442. The van der Waals surface area contributed by atoms with Crippen LogP contribution in [0.4, 0.5) is 0 Å². The molecule has 0 aliphatic heterocycles. The molecular formula is C13H23N3. The van der Waals surface area contributed by atoms with Crippen LogP contribution in [0.2, 0.25) is 0 Å². The molecule has 0 bridgehead atoms. The predicted molar refractivity (Wildman–Crippen MR) is 68.3 cm³/mol. The SMILES string of the molecule is C=CCCCCCC(NC)c1cnn(C)c1. The third kappa shape index (κ3) is 4.19. The Morgan fingerprint density at radius 2 is 2.31 bits per heavy atom. The van der Waals surface area contributed by atoms with Crippen molar-refractivity contribution in [1.29, 1.82) is 0 Å². The Kier molecular flexibility index (Phi) is 5.86. The Bertz CT molecular complexity index is 304.